The van der Waals surface area contributed by atoms with Crippen LogP contribution < -0.4 is 10.6 Å². The average molecular weight is 477 g/mol. The quantitative estimate of drug-likeness (QED) is 0.263. The second-order valence-electron chi connectivity index (χ2n) is 7.46. The van der Waals surface area contributed by atoms with Crippen molar-refractivity contribution < 1.29 is 23.9 Å². The summed E-state index contributed by atoms with van der Waals surface area (Å²) in [4.78, 5) is 49.1. The van der Waals surface area contributed by atoms with Gasteiger partial charge in [0.15, 0.2) is 12.4 Å². The zero-order valence-electron chi connectivity index (χ0n) is 18.8. The zero-order valence-corrected chi connectivity index (χ0v) is 19.6. The van der Waals surface area contributed by atoms with Crippen LogP contribution >= 0.6 is 11.8 Å². The summed E-state index contributed by atoms with van der Waals surface area (Å²) in [5.74, 6) is -1.43. The van der Waals surface area contributed by atoms with Gasteiger partial charge in [0, 0.05) is 21.8 Å². The summed E-state index contributed by atoms with van der Waals surface area (Å²) in [5, 5.41) is 5.41. The van der Waals surface area contributed by atoms with Gasteiger partial charge in [0.2, 0.25) is 5.91 Å². The molecule has 174 valence electrons. The maximum Gasteiger partial charge on any atom is 0.339 e. The maximum atomic E-state index is 12.6. The number of nitrogens with one attached hydrogen (secondary N) is 2. The average Bonchev–Trinajstić information content (AvgIpc) is 2.83. The summed E-state index contributed by atoms with van der Waals surface area (Å²) in [6.45, 7) is 2.91. The van der Waals surface area contributed by atoms with Gasteiger partial charge in [0.25, 0.3) is 5.91 Å². The molecular weight excluding hydrogens is 452 g/mol. The highest BCUT2D eigenvalue weighted by Crippen LogP contribution is 2.24. The van der Waals surface area contributed by atoms with E-state index in [2.05, 4.69) is 10.6 Å². The number of anilines is 2. The number of benzene rings is 3. The van der Waals surface area contributed by atoms with E-state index in [4.69, 9.17) is 4.74 Å². The van der Waals surface area contributed by atoms with Crippen LogP contribution in [-0.2, 0) is 14.3 Å². The first-order chi connectivity index (χ1) is 16.3. The van der Waals surface area contributed by atoms with Crippen LogP contribution in [0.4, 0.5) is 11.4 Å². The number of carbonyl (C=O) groups excluding carboxylic acids is 4. The molecule has 0 heterocycles. The second-order valence-corrected chi connectivity index (χ2v) is 8.48. The van der Waals surface area contributed by atoms with Crippen molar-refractivity contribution in [3.05, 3.63) is 89.5 Å². The largest absolute Gasteiger partial charge is 0.452 e. The number of rotatable bonds is 9. The summed E-state index contributed by atoms with van der Waals surface area (Å²) in [6, 6.07) is 20.7. The van der Waals surface area contributed by atoms with E-state index in [1.165, 1.54) is 18.7 Å². The smallest absolute Gasteiger partial charge is 0.339 e. The van der Waals surface area contributed by atoms with Crippen LogP contribution in [-0.4, -0.2) is 35.9 Å². The van der Waals surface area contributed by atoms with E-state index < -0.39 is 18.5 Å². The Labute approximate surface area is 201 Å². The molecule has 0 aromatic heterocycles. The molecule has 0 aliphatic rings. The van der Waals surface area contributed by atoms with Crippen LogP contribution in [0, 0.1) is 6.92 Å². The molecule has 34 heavy (non-hydrogen) atoms. The topological polar surface area (TPSA) is 102 Å². The number of ether oxygens (including phenoxy) is 1. The Bertz CT molecular complexity index is 1210. The van der Waals surface area contributed by atoms with Gasteiger partial charge < -0.3 is 15.4 Å². The molecule has 0 spiro atoms. The van der Waals surface area contributed by atoms with Gasteiger partial charge in [0.1, 0.15) is 0 Å². The number of thioether (sulfide) groups is 1. The van der Waals surface area contributed by atoms with Gasteiger partial charge >= 0.3 is 5.97 Å². The van der Waals surface area contributed by atoms with E-state index in [0.717, 1.165) is 5.56 Å². The summed E-state index contributed by atoms with van der Waals surface area (Å²) >= 11 is 1.20. The summed E-state index contributed by atoms with van der Waals surface area (Å²) in [5.41, 5.74) is 2.96. The molecule has 2 amide bonds. The SMILES string of the molecule is CC(=O)c1cccc(NC(=O)COC(=O)c2ccccc2SCC(=O)Nc2ccc(C)cc2)c1. The number of amides is 2. The molecule has 0 radical (unpaired) electrons. The third-order valence-corrected chi connectivity index (χ3v) is 5.76. The third kappa shape index (κ3) is 7.31. The lowest BCUT2D eigenvalue weighted by molar-refractivity contribution is -0.119. The molecule has 0 saturated heterocycles. The van der Waals surface area contributed by atoms with Crippen molar-refractivity contribution in [1.29, 1.82) is 0 Å². The van der Waals surface area contributed by atoms with Crippen LogP contribution in [0.3, 0.4) is 0 Å². The molecule has 7 nitrogen and oxygen atoms in total. The highest BCUT2D eigenvalue weighted by molar-refractivity contribution is 8.00. The molecular formula is C26H24N2O5S. The Hall–Kier alpha value is -3.91. The van der Waals surface area contributed by atoms with Gasteiger partial charge in [-0.1, -0.05) is 42.0 Å². The minimum absolute atomic E-state index is 0.102. The summed E-state index contributed by atoms with van der Waals surface area (Å²) in [6.07, 6.45) is 0. The fourth-order valence-electron chi connectivity index (χ4n) is 2.96. The van der Waals surface area contributed by atoms with Gasteiger partial charge in [-0.25, -0.2) is 4.79 Å². The predicted octanol–water partition coefficient (Wildman–Crippen LogP) is 4.72. The van der Waals surface area contributed by atoms with Crippen LogP contribution in [0.15, 0.2) is 77.7 Å². The number of aryl methyl sites for hydroxylation is 1. The van der Waals surface area contributed by atoms with Gasteiger partial charge in [-0.3, -0.25) is 14.4 Å². The van der Waals surface area contributed by atoms with Crippen molar-refractivity contribution in [2.75, 3.05) is 23.0 Å². The fraction of sp³-hybridized carbons (Fsp3) is 0.154. The molecule has 0 bridgehead atoms. The Morgan fingerprint density at radius 2 is 1.53 bits per heavy atom. The maximum absolute atomic E-state index is 12.6. The van der Waals surface area contributed by atoms with E-state index in [-0.39, 0.29) is 23.0 Å². The molecule has 0 saturated carbocycles. The van der Waals surface area contributed by atoms with E-state index in [9.17, 15) is 19.2 Å². The first-order valence-electron chi connectivity index (χ1n) is 10.5. The number of Topliss-reactive ketones (excluding diaryl/α,β-unsaturated/α-hetero) is 1. The van der Waals surface area contributed by atoms with Crippen molar-refractivity contribution in [3.63, 3.8) is 0 Å². The van der Waals surface area contributed by atoms with Crippen molar-refractivity contribution in [2.24, 2.45) is 0 Å². The lowest BCUT2D eigenvalue weighted by Crippen LogP contribution is -2.21. The zero-order chi connectivity index (χ0) is 24.5. The monoisotopic (exact) mass is 476 g/mol. The molecule has 0 aliphatic heterocycles. The van der Waals surface area contributed by atoms with Gasteiger partial charge in [-0.05, 0) is 50.2 Å². The Kier molecular flexibility index (Phi) is 8.59. The van der Waals surface area contributed by atoms with Crippen molar-refractivity contribution in [2.45, 2.75) is 18.7 Å². The number of carbonyl (C=O) groups is 4. The third-order valence-electron chi connectivity index (χ3n) is 4.69. The number of hydrogen-bond acceptors (Lipinski definition) is 6. The molecule has 0 aliphatic carbocycles. The van der Waals surface area contributed by atoms with E-state index in [1.54, 1.807) is 48.5 Å². The fourth-order valence-corrected chi connectivity index (χ4v) is 3.80. The molecule has 0 unspecified atom stereocenters. The minimum Gasteiger partial charge on any atom is -0.452 e. The van der Waals surface area contributed by atoms with Gasteiger partial charge in [-0.2, -0.15) is 0 Å². The molecule has 2 N–H and O–H groups in total. The van der Waals surface area contributed by atoms with E-state index in [0.29, 0.717) is 21.8 Å². The number of esters is 1. The lowest BCUT2D eigenvalue weighted by atomic mass is 10.1. The minimum atomic E-state index is -0.672. The molecule has 0 fully saturated rings. The summed E-state index contributed by atoms with van der Waals surface area (Å²) < 4.78 is 5.16. The number of ketones is 1. The molecule has 3 rings (SSSR count). The lowest BCUT2D eigenvalue weighted by Gasteiger charge is -2.10. The van der Waals surface area contributed by atoms with Crippen LogP contribution in [0.25, 0.3) is 0 Å². The van der Waals surface area contributed by atoms with Gasteiger partial charge in [0.05, 0.1) is 11.3 Å². The Morgan fingerprint density at radius 3 is 2.26 bits per heavy atom. The first-order valence-corrected chi connectivity index (χ1v) is 11.5. The van der Waals surface area contributed by atoms with E-state index in [1.807, 2.05) is 31.2 Å². The molecule has 3 aromatic carbocycles. The van der Waals surface area contributed by atoms with Crippen LogP contribution in [0.2, 0.25) is 0 Å². The molecule has 0 atom stereocenters. The van der Waals surface area contributed by atoms with Crippen LogP contribution in [0.1, 0.15) is 33.2 Å². The normalized spacial score (nSPS) is 10.3. The Morgan fingerprint density at radius 1 is 0.824 bits per heavy atom. The standard InChI is InChI=1S/C26H24N2O5S/c1-17-10-12-20(13-11-17)27-25(31)16-34-23-9-4-3-8-22(23)26(32)33-15-24(30)28-21-7-5-6-19(14-21)18(2)29/h3-14H,15-16H2,1-2H3,(H,27,31)(H,28,30). The van der Waals surface area contributed by atoms with Crippen molar-refractivity contribution in [3.8, 4) is 0 Å². The molecule has 3 aromatic rings. The van der Waals surface area contributed by atoms with E-state index >= 15 is 0 Å². The van der Waals surface area contributed by atoms with Gasteiger partial charge in [-0.15, -0.1) is 11.8 Å². The summed E-state index contributed by atoms with van der Waals surface area (Å²) in [7, 11) is 0. The van der Waals surface area contributed by atoms with Crippen molar-refractivity contribution >= 4 is 46.7 Å². The number of hydrogen-bond donors (Lipinski definition) is 2. The Balaban J connectivity index is 1.53. The highest BCUT2D eigenvalue weighted by atomic mass is 32.2. The first kappa shape index (κ1) is 24.7. The van der Waals surface area contributed by atoms with Crippen molar-refractivity contribution in [1.82, 2.24) is 0 Å². The van der Waals surface area contributed by atoms with Crippen LogP contribution in [0.5, 0.6) is 0 Å². The second kappa shape index (κ2) is 11.8. The predicted molar refractivity (Wildman–Crippen MR) is 132 cm³/mol. The highest BCUT2D eigenvalue weighted by Gasteiger charge is 2.16. The molecule has 8 heteroatoms.